The van der Waals surface area contributed by atoms with Gasteiger partial charge in [-0.25, -0.2) is 0 Å². The van der Waals surface area contributed by atoms with Crippen LogP contribution in [0, 0.1) is 0 Å². The fourth-order valence-electron chi connectivity index (χ4n) is 2.01. The molecule has 2 aromatic rings. The summed E-state index contributed by atoms with van der Waals surface area (Å²) in [5.41, 5.74) is 1.30. The zero-order chi connectivity index (χ0) is 16.3. The first-order valence-electron chi connectivity index (χ1n) is 6.51. The molecule has 0 bridgehead atoms. The van der Waals surface area contributed by atoms with Crippen LogP contribution in [0.15, 0.2) is 40.9 Å². The predicted octanol–water partition coefficient (Wildman–Crippen LogP) is 5.26. The van der Waals surface area contributed by atoms with Crippen molar-refractivity contribution in [3.63, 3.8) is 0 Å². The fraction of sp³-hybridized carbons (Fsp3) is 0.188. The SMILES string of the molecule is COc1ccc(Br)c(C(=O)N[C@H](C)c2ccc(Cl)cc2Cl)c1. The summed E-state index contributed by atoms with van der Waals surface area (Å²) in [5.74, 6) is 0.398. The Balaban J connectivity index is 2.21. The highest BCUT2D eigenvalue weighted by Crippen LogP contribution is 2.27. The summed E-state index contributed by atoms with van der Waals surface area (Å²) in [6.07, 6.45) is 0. The smallest absolute Gasteiger partial charge is 0.253 e. The summed E-state index contributed by atoms with van der Waals surface area (Å²) in [4.78, 5) is 12.4. The Morgan fingerprint density at radius 3 is 2.59 bits per heavy atom. The van der Waals surface area contributed by atoms with E-state index in [2.05, 4.69) is 21.2 Å². The maximum atomic E-state index is 12.4. The van der Waals surface area contributed by atoms with Gasteiger partial charge in [-0.3, -0.25) is 4.79 Å². The lowest BCUT2D eigenvalue weighted by molar-refractivity contribution is 0.0939. The van der Waals surface area contributed by atoms with Gasteiger partial charge in [0, 0.05) is 14.5 Å². The number of hydrogen-bond donors (Lipinski definition) is 1. The Hall–Kier alpha value is -1.23. The highest BCUT2D eigenvalue weighted by atomic mass is 79.9. The second-order valence-electron chi connectivity index (χ2n) is 4.71. The number of hydrogen-bond acceptors (Lipinski definition) is 2. The van der Waals surface area contributed by atoms with Gasteiger partial charge in [-0.2, -0.15) is 0 Å². The second-order valence-corrected chi connectivity index (χ2v) is 6.40. The van der Waals surface area contributed by atoms with E-state index in [0.717, 1.165) is 5.56 Å². The number of carbonyl (C=O) groups excluding carboxylic acids is 1. The first-order valence-corrected chi connectivity index (χ1v) is 8.06. The Bertz CT molecular complexity index is 707. The number of carbonyl (C=O) groups is 1. The van der Waals surface area contributed by atoms with Gasteiger partial charge in [0.1, 0.15) is 5.75 Å². The summed E-state index contributed by atoms with van der Waals surface area (Å²) < 4.78 is 5.84. The molecule has 116 valence electrons. The van der Waals surface area contributed by atoms with Crippen molar-refractivity contribution in [3.05, 3.63) is 62.0 Å². The maximum absolute atomic E-state index is 12.4. The molecule has 1 atom stereocenters. The Morgan fingerprint density at radius 1 is 1.23 bits per heavy atom. The number of nitrogens with one attached hydrogen (secondary N) is 1. The Labute approximate surface area is 147 Å². The minimum absolute atomic E-state index is 0.218. The van der Waals surface area contributed by atoms with Crippen molar-refractivity contribution in [1.82, 2.24) is 5.32 Å². The summed E-state index contributed by atoms with van der Waals surface area (Å²) in [6, 6.07) is 10.2. The van der Waals surface area contributed by atoms with Crippen LogP contribution in [-0.4, -0.2) is 13.0 Å². The van der Waals surface area contributed by atoms with E-state index in [0.29, 0.717) is 25.8 Å². The molecule has 0 fully saturated rings. The third-order valence-electron chi connectivity index (χ3n) is 3.19. The molecule has 2 aromatic carbocycles. The first kappa shape index (κ1) is 17.1. The molecule has 3 nitrogen and oxygen atoms in total. The molecule has 22 heavy (non-hydrogen) atoms. The van der Waals surface area contributed by atoms with E-state index < -0.39 is 0 Å². The molecule has 1 N–H and O–H groups in total. The zero-order valence-corrected chi connectivity index (χ0v) is 15.1. The fourth-order valence-corrected chi connectivity index (χ4v) is 3.01. The summed E-state index contributed by atoms with van der Waals surface area (Å²) in [5, 5.41) is 3.99. The Morgan fingerprint density at radius 2 is 1.95 bits per heavy atom. The van der Waals surface area contributed by atoms with Crippen molar-refractivity contribution in [3.8, 4) is 5.75 Å². The molecule has 1 amide bonds. The lowest BCUT2D eigenvalue weighted by Crippen LogP contribution is -2.27. The molecule has 0 aliphatic carbocycles. The van der Waals surface area contributed by atoms with Crippen LogP contribution in [0.4, 0.5) is 0 Å². The van der Waals surface area contributed by atoms with Crippen molar-refractivity contribution in [2.24, 2.45) is 0 Å². The third kappa shape index (κ3) is 3.94. The molecular formula is C16H14BrCl2NO2. The summed E-state index contributed by atoms with van der Waals surface area (Å²) in [7, 11) is 1.56. The van der Waals surface area contributed by atoms with Gasteiger partial charge in [-0.15, -0.1) is 0 Å². The lowest BCUT2D eigenvalue weighted by atomic mass is 10.1. The summed E-state index contributed by atoms with van der Waals surface area (Å²) in [6.45, 7) is 1.86. The van der Waals surface area contributed by atoms with Gasteiger partial charge in [0.2, 0.25) is 0 Å². The molecule has 0 spiro atoms. The average Bonchev–Trinajstić information content (AvgIpc) is 2.47. The molecule has 0 saturated heterocycles. The maximum Gasteiger partial charge on any atom is 0.253 e. The molecule has 0 saturated carbocycles. The molecule has 0 unspecified atom stereocenters. The quantitative estimate of drug-likeness (QED) is 0.757. The van der Waals surface area contributed by atoms with E-state index in [1.807, 2.05) is 6.92 Å². The Kier molecular flexibility index (Phi) is 5.73. The van der Waals surface area contributed by atoms with Crippen LogP contribution in [0.5, 0.6) is 5.75 Å². The number of rotatable bonds is 4. The number of halogens is 3. The second kappa shape index (κ2) is 7.36. The van der Waals surface area contributed by atoms with E-state index in [4.69, 9.17) is 27.9 Å². The van der Waals surface area contributed by atoms with Gasteiger partial charge >= 0.3 is 0 Å². The van der Waals surface area contributed by atoms with Crippen LogP contribution in [0.3, 0.4) is 0 Å². The van der Waals surface area contributed by atoms with Gasteiger partial charge in [0.15, 0.2) is 0 Å². The molecule has 6 heteroatoms. The average molecular weight is 403 g/mol. The van der Waals surface area contributed by atoms with Crippen molar-refractivity contribution in [1.29, 1.82) is 0 Å². The topological polar surface area (TPSA) is 38.3 Å². The van der Waals surface area contributed by atoms with Gasteiger partial charge in [-0.05, 0) is 58.7 Å². The number of amides is 1. The van der Waals surface area contributed by atoms with Crippen molar-refractivity contribution < 1.29 is 9.53 Å². The van der Waals surface area contributed by atoms with E-state index >= 15 is 0 Å². The minimum Gasteiger partial charge on any atom is -0.497 e. The molecule has 0 aromatic heterocycles. The monoisotopic (exact) mass is 401 g/mol. The van der Waals surface area contributed by atoms with Crippen molar-refractivity contribution in [2.75, 3.05) is 7.11 Å². The van der Waals surface area contributed by atoms with Gasteiger partial charge in [-0.1, -0.05) is 29.3 Å². The number of benzene rings is 2. The van der Waals surface area contributed by atoms with Crippen LogP contribution in [-0.2, 0) is 0 Å². The normalized spacial score (nSPS) is 11.9. The molecule has 2 rings (SSSR count). The molecule has 0 radical (unpaired) electrons. The van der Waals surface area contributed by atoms with Gasteiger partial charge in [0.05, 0.1) is 18.7 Å². The van der Waals surface area contributed by atoms with Gasteiger partial charge in [0.25, 0.3) is 5.91 Å². The zero-order valence-electron chi connectivity index (χ0n) is 12.0. The highest BCUT2D eigenvalue weighted by Gasteiger charge is 2.16. The number of methoxy groups -OCH3 is 1. The molecule has 0 aliphatic rings. The number of ether oxygens (including phenoxy) is 1. The molecule has 0 heterocycles. The highest BCUT2D eigenvalue weighted by molar-refractivity contribution is 9.10. The van der Waals surface area contributed by atoms with Crippen LogP contribution in [0.25, 0.3) is 0 Å². The van der Waals surface area contributed by atoms with E-state index in [-0.39, 0.29) is 11.9 Å². The summed E-state index contributed by atoms with van der Waals surface area (Å²) >= 11 is 15.4. The molecule has 0 aliphatic heterocycles. The van der Waals surface area contributed by atoms with E-state index in [9.17, 15) is 4.79 Å². The predicted molar refractivity (Wildman–Crippen MR) is 93.0 cm³/mol. The van der Waals surface area contributed by atoms with Crippen LogP contribution in [0.2, 0.25) is 10.0 Å². The van der Waals surface area contributed by atoms with Crippen molar-refractivity contribution >= 4 is 45.0 Å². The minimum atomic E-state index is -0.254. The van der Waals surface area contributed by atoms with Gasteiger partial charge < -0.3 is 10.1 Å². The van der Waals surface area contributed by atoms with Crippen LogP contribution >= 0.6 is 39.1 Å². The first-order chi connectivity index (χ1) is 10.4. The van der Waals surface area contributed by atoms with Crippen molar-refractivity contribution in [2.45, 2.75) is 13.0 Å². The molecular weight excluding hydrogens is 389 g/mol. The third-order valence-corrected chi connectivity index (χ3v) is 4.45. The van der Waals surface area contributed by atoms with Crippen LogP contribution in [0.1, 0.15) is 28.9 Å². The van der Waals surface area contributed by atoms with E-state index in [1.165, 1.54) is 0 Å². The van der Waals surface area contributed by atoms with Crippen LogP contribution < -0.4 is 10.1 Å². The largest absolute Gasteiger partial charge is 0.497 e. The van der Waals surface area contributed by atoms with E-state index in [1.54, 1.807) is 43.5 Å². The lowest BCUT2D eigenvalue weighted by Gasteiger charge is -2.17. The standard InChI is InChI=1S/C16H14BrCl2NO2/c1-9(12-5-3-10(18)7-15(12)19)20-16(21)13-8-11(22-2)4-6-14(13)17/h3-9H,1-2H3,(H,20,21)/t9-/m1/s1.